The minimum atomic E-state index is -0.360. The molecule has 0 saturated carbocycles. The highest BCUT2D eigenvalue weighted by Gasteiger charge is 2.17. The van der Waals surface area contributed by atoms with Crippen LogP contribution in [0.5, 0.6) is 0 Å². The maximum atomic E-state index is 11.1. The van der Waals surface area contributed by atoms with Gasteiger partial charge in [-0.15, -0.1) is 11.3 Å². The molecule has 1 heterocycles. The second kappa shape index (κ2) is 6.00. The topological polar surface area (TPSA) is 68.1 Å². The second-order valence-electron chi connectivity index (χ2n) is 4.66. The highest BCUT2D eigenvalue weighted by molar-refractivity contribution is 7.11. The van der Waals surface area contributed by atoms with Crippen LogP contribution in [0.1, 0.15) is 35.3 Å². The van der Waals surface area contributed by atoms with Crippen LogP contribution in [-0.2, 0) is 6.42 Å². The van der Waals surface area contributed by atoms with Crippen molar-refractivity contribution in [3.8, 4) is 0 Å². The lowest BCUT2D eigenvalue weighted by Gasteiger charge is -2.13. The molecule has 0 bridgehead atoms. The van der Waals surface area contributed by atoms with E-state index in [9.17, 15) is 10.1 Å². The van der Waals surface area contributed by atoms with Gasteiger partial charge >= 0.3 is 0 Å². The lowest BCUT2D eigenvalue weighted by molar-refractivity contribution is -0.384. The van der Waals surface area contributed by atoms with E-state index in [1.807, 2.05) is 26.1 Å². The van der Waals surface area contributed by atoms with Gasteiger partial charge in [-0.1, -0.05) is 13.0 Å². The van der Waals surface area contributed by atoms with Gasteiger partial charge in [0.1, 0.15) is 10.7 Å². The largest absolute Gasteiger partial charge is 0.371 e. The number of anilines is 1. The number of nitro groups is 1. The molecule has 0 fully saturated rings. The molecule has 1 unspecified atom stereocenters. The zero-order valence-electron chi connectivity index (χ0n) is 11.7. The lowest BCUT2D eigenvalue weighted by Crippen LogP contribution is -2.08. The van der Waals surface area contributed by atoms with Gasteiger partial charge in [0.15, 0.2) is 0 Å². The molecule has 0 saturated heterocycles. The van der Waals surface area contributed by atoms with Gasteiger partial charge in [0.05, 0.1) is 11.0 Å². The molecule has 1 N–H and O–H groups in total. The second-order valence-corrected chi connectivity index (χ2v) is 5.81. The van der Waals surface area contributed by atoms with E-state index < -0.39 is 0 Å². The van der Waals surface area contributed by atoms with Gasteiger partial charge in [0, 0.05) is 17.1 Å². The van der Waals surface area contributed by atoms with Crippen molar-refractivity contribution in [2.75, 3.05) is 5.32 Å². The Morgan fingerprint density at radius 3 is 2.85 bits per heavy atom. The number of benzene rings is 1. The van der Waals surface area contributed by atoms with Gasteiger partial charge in [-0.2, -0.15) is 0 Å². The molecule has 2 rings (SSSR count). The van der Waals surface area contributed by atoms with Crippen LogP contribution in [0.25, 0.3) is 0 Å². The Hall–Kier alpha value is -1.95. The Kier molecular flexibility index (Phi) is 4.34. The normalized spacial score (nSPS) is 12.2. The third kappa shape index (κ3) is 3.14. The van der Waals surface area contributed by atoms with Crippen molar-refractivity contribution in [1.82, 2.24) is 4.98 Å². The van der Waals surface area contributed by atoms with Crippen LogP contribution in [-0.4, -0.2) is 9.91 Å². The molecule has 0 aliphatic carbocycles. The van der Waals surface area contributed by atoms with Crippen molar-refractivity contribution in [2.45, 2.75) is 33.2 Å². The first-order valence-electron chi connectivity index (χ1n) is 6.47. The van der Waals surface area contributed by atoms with Crippen molar-refractivity contribution in [2.24, 2.45) is 0 Å². The summed E-state index contributed by atoms with van der Waals surface area (Å²) in [4.78, 5) is 16.3. The fraction of sp³-hybridized carbons (Fsp3) is 0.357. The van der Waals surface area contributed by atoms with Gasteiger partial charge in [-0.3, -0.25) is 10.1 Å². The van der Waals surface area contributed by atoms with Crippen molar-refractivity contribution < 1.29 is 4.92 Å². The number of thiazole rings is 1. The maximum absolute atomic E-state index is 11.1. The molecule has 0 spiro atoms. The van der Waals surface area contributed by atoms with Crippen molar-refractivity contribution in [3.63, 3.8) is 0 Å². The summed E-state index contributed by atoms with van der Waals surface area (Å²) in [7, 11) is 0. The zero-order chi connectivity index (χ0) is 14.7. The first-order valence-corrected chi connectivity index (χ1v) is 7.29. The molecular weight excluding hydrogens is 274 g/mol. The van der Waals surface area contributed by atoms with Gasteiger partial charge in [-0.25, -0.2) is 4.98 Å². The molecular formula is C14H17N3O2S. The average Bonchev–Trinajstić information content (AvgIpc) is 2.89. The molecule has 0 aliphatic heterocycles. The molecule has 1 aromatic heterocycles. The van der Waals surface area contributed by atoms with E-state index >= 15 is 0 Å². The summed E-state index contributed by atoms with van der Waals surface area (Å²) < 4.78 is 0. The Labute approximate surface area is 121 Å². The smallest absolute Gasteiger partial charge is 0.292 e. The van der Waals surface area contributed by atoms with Crippen molar-refractivity contribution in [1.29, 1.82) is 0 Å². The fourth-order valence-electron chi connectivity index (χ4n) is 1.90. The lowest BCUT2D eigenvalue weighted by atomic mass is 10.2. The summed E-state index contributed by atoms with van der Waals surface area (Å²) in [6.45, 7) is 5.89. The van der Waals surface area contributed by atoms with E-state index in [1.54, 1.807) is 23.5 Å². The molecule has 1 atom stereocenters. The number of nitrogens with one attached hydrogen (secondary N) is 1. The number of aromatic nitrogens is 1. The number of rotatable bonds is 5. The van der Waals surface area contributed by atoms with Crippen LogP contribution >= 0.6 is 11.3 Å². The minimum absolute atomic E-state index is 0.0540. The summed E-state index contributed by atoms with van der Waals surface area (Å²) in [5, 5.41) is 15.2. The predicted molar refractivity (Wildman–Crippen MR) is 81.4 cm³/mol. The van der Waals surface area contributed by atoms with Crippen LogP contribution < -0.4 is 5.32 Å². The van der Waals surface area contributed by atoms with Crippen LogP contribution in [0.15, 0.2) is 24.4 Å². The highest BCUT2D eigenvalue weighted by atomic mass is 32.1. The summed E-state index contributed by atoms with van der Waals surface area (Å²) in [6, 6.07) is 5.13. The third-order valence-electron chi connectivity index (χ3n) is 3.01. The van der Waals surface area contributed by atoms with Gasteiger partial charge in [0.25, 0.3) is 5.69 Å². The highest BCUT2D eigenvalue weighted by Crippen LogP contribution is 2.30. The third-order valence-corrected chi connectivity index (χ3v) is 4.34. The Morgan fingerprint density at radius 1 is 1.50 bits per heavy atom. The molecule has 0 amide bonds. The summed E-state index contributed by atoms with van der Waals surface area (Å²) in [5.41, 5.74) is 1.50. The Balaban J connectivity index is 2.23. The molecule has 2 aromatic rings. The van der Waals surface area contributed by atoms with E-state index in [0.29, 0.717) is 5.69 Å². The molecule has 5 nitrogen and oxygen atoms in total. The average molecular weight is 291 g/mol. The fourth-order valence-corrected chi connectivity index (χ4v) is 2.76. The van der Waals surface area contributed by atoms with Crippen LogP contribution in [0.3, 0.4) is 0 Å². The van der Waals surface area contributed by atoms with Crippen LogP contribution in [0, 0.1) is 17.0 Å². The molecule has 20 heavy (non-hydrogen) atoms. The van der Waals surface area contributed by atoms with Gasteiger partial charge in [0.2, 0.25) is 0 Å². The molecule has 1 aromatic carbocycles. The van der Waals surface area contributed by atoms with Crippen molar-refractivity contribution in [3.05, 3.63) is 50.0 Å². The van der Waals surface area contributed by atoms with Gasteiger partial charge in [-0.05, 0) is 31.9 Å². The van der Waals surface area contributed by atoms with Crippen LogP contribution in [0.4, 0.5) is 11.4 Å². The van der Waals surface area contributed by atoms with E-state index in [1.165, 1.54) is 4.88 Å². The number of aryl methyl sites for hydroxylation is 2. The standard InChI is InChI=1S/C14H17N3O2S/c1-4-11-8-15-14(20-11)10(3)16-12-6-5-9(2)7-13(12)17(18)19/h5-8,10,16H,4H2,1-3H3. The number of hydrogen-bond acceptors (Lipinski definition) is 5. The first kappa shape index (κ1) is 14.5. The minimum Gasteiger partial charge on any atom is -0.371 e. The van der Waals surface area contributed by atoms with Gasteiger partial charge < -0.3 is 5.32 Å². The van der Waals surface area contributed by atoms with Crippen LogP contribution in [0.2, 0.25) is 0 Å². The number of nitro benzene ring substituents is 1. The summed E-state index contributed by atoms with van der Waals surface area (Å²) in [5.74, 6) is 0. The molecule has 0 aliphatic rings. The Morgan fingerprint density at radius 2 is 2.25 bits per heavy atom. The molecule has 6 heteroatoms. The predicted octanol–water partition coefficient (Wildman–Crippen LogP) is 4.10. The quantitative estimate of drug-likeness (QED) is 0.665. The SMILES string of the molecule is CCc1cnc(C(C)Nc2ccc(C)cc2[N+](=O)[O-])s1. The monoisotopic (exact) mass is 291 g/mol. The van der Waals surface area contributed by atoms with E-state index in [0.717, 1.165) is 17.0 Å². The number of hydrogen-bond donors (Lipinski definition) is 1. The van der Waals surface area contributed by atoms with Crippen molar-refractivity contribution >= 4 is 22.7 Å². The molecule has 106 valence electrons. The number of nitrogens with zero attached hydrogens (tertiary/aromatic N) is 2. The summed E-state index contributed by atoms with van der Waals surface area (Å²) in [6.07, 6.45) is 2.82. The Bertz CT molecular complexity index is 625. The first-order chi connectivity index (χ1) is 9.51. The van der Waals surface area contributed by atoms with E-state index in [4.69, 9.17) is 0 Å². The molecule has 0 radical (unpaired) electrons. The van der Waals surface area contributed by atoms with E-state index in [-0.39, 0.29) is 16.7 Å². The summed E-state index contributed by atoms with van der Waals surface area (Å²) >= 11 is 1.63. The zero-order valence-corrected chi connectivity index (χ0v) is 12.5. The van der Waals surface area contributed by atoms with E-state index in [2.05, 4.69) is 17.2 Å². The maximum Gasteiger partial charge on any atom is 0.292 e.